The molecule has 1 aromatic rings. The molecule has 0 aliphatic heterocycles. The number of carbonyl (C=O) groups is 1. The van der Waals surface area contributed by atoms with E-state index in [1.54, 1.807) is 19.9 Å². The number of nitrogens with two attached hydrogens (primary N) is 1. The van der Waals surface area contributed by atoms with Crippen molar-refractivity contribution in [3.05, 3.63) is 23.4 Å². The summed E-state index contributed by atoms with van der Waals surface area (Å²) in [6, 6.07) is 3.10. The van der Waals surface area contributed by atoms with Crippen molar-refractivity contribution in [2.75, 3.05) is 23.5 Å². The lowest BCUT2D eigenvalue weighted by atomic mass is 10.2. The average molecular weight is 286 g/mol. The summed E-state index contributed by atoms with van der Waals surface area (Å²) in [5, 5.41) is 2.55. The van der Waals surface area contributed by atoms with Crippen molar-refractivity contribution >= 4 is 21.6 Å². The summed E-state index contributed by atoms with van der Waals surface area (Å²) in [5.74, 6) is 5.27. The second-order valence-electron chi connectivity index (χ2n) is 4.02. The fourth-order valence-electron chi connectivity index (χ4n) is 1.44. The van der Waals surface area contributed by atoms with Crippen molar-refractivity contribution in [3.63, 3.8) is 0 Å². The van der Waals surface area contributed by atoms with Crippen LogP contribution in [0.1, 0.15) is 23.0 Å². The fourth-order valence-corrected chi connectivity index (χ4v) is 2.14. The van der Waals surface area contributed by atoms with Crippen LogP contribution >= 0.6 is 0 Å². The fraction of sp³-hybridized carbons (Fsp3) is 0.455. The number of sulfone groups is 1. The van der Waals surface area contributed by atoms with E-state index in [4.69, 9.17) is 5.84 Å². The molecule has 4 N–H and O–H groups in total. The minimum Gasteiger partial charge on any atom is -0.351 e. The summed E-state index contributed by atoms with van der Waals surface area (Å²) in [7, 11) is -3.08. The lowest BCUT2D eigenvalue weighted by Gasteiger charge is -2.07. The molecule has 0 radical (unpaired) electrons. The Morgan fingerprint density at radius 1 is 1.42 bits per heavy atom. The molecule has 0 atom stereocenters. The van der Waals surface area contributed by atoms with Gasteiger partial charge in [0.2, 0.25) is 0 Å². The molecule has 0 saturated carbocycles. The number of hydrogen-bond acceptors (Lipinski definition) is 6. The van der Waals surface area contributed by atoms with Gasteiger partial charge in [-0.3, -0.25) is 4.79 Å². The molecule has 0 unspecified atom stereocenters. The molecule has 0 fully saturated rings. The monoisotopic (exact) mass is 286 g/mol. The van der Waals surface area contributed by atoms with E-state index in [9.17, 15) is 13.2 Å². The maximum Gasteiger partial charge on any atom is 0.251 e. The van der Waals surface area contributed by atoms with E-state index in [1.165, 1.54) is 6.07 Å². The number of anilines is 1. The standard InChI is InChI=1S/C11H18N4O3S/c1-3-19(17,18)5-4-13-11(16)9-6-8(2)14-10(7-9)15-12/h6-7H,3-5,12H2,1-2H3,(H,13,16)(H,14,15). The molecule has 106 valence electrons. The van der Waals surface area contributed by atoms with Gasteiger partial charge in [0.1, 0.15) is 5.82 Å². The number of nitrogen functional groups attached to an aromatic ring is 1. The first kappa shape index (κ1) is 15.4. The first-order valence-electron chi connectivity index (χ1n) is 5.82. The Morgan fingerprint density at radius 3 is 2.68 bits per heavy atom. The van der Waals surface area contributed by atoms with Crippen LogP contribution in [-0.4, -0.2) is 37.4 Å². The Labute approximate surface area is 112 Å². The second kappa shape index (κ2) is 6.48. The quantitative estimate of drug-likeness (QED) is 0.494. The summed E-state index contributed by atoms with van der Waals surface area (Å²) < 4.78 is 22.6. The normalized spacial score (nSPS) is 11.1. The largest absolute Gasteiger partial charge is 0.351 e. The number of nitrogens with zero attached hydrogens (tertiary/aromatic N) is 1. The molecular weight excluding hydrogens is 268 g/mol. The molecule has 1 rings (SSSR count). The SMILES string of the molecule is CCS(=O)(=O)CCNC(=O)c1cc(C)nc(NN)c1. The summed E-state index contributed by atoms with van der Waals surface area (Å²) in [4.78, 5) is 15.9. The highest BCUT2D eigenvalue weighted by molar-refractivity contribution is 7.91. The third-order valence-electron chi connectivity index (χ3n) is 2.50. The van der Waals surface area contributed by atoms with Gasteiger partial charge in [0, 0.05) is 23.6 Å². The van der Waals surface area contributed by atoms with Crippen molar-refractivity contribution in [2.24, 2.45) is 5.84 Å². The summed E-state index contributed by atoms with van der Waals surface area (Å²) in [5.41, 5.74) is 3.39. The highest BCUT2D eigenvalue weighted by Gasteiger charge is 2.11. The highest BCUT2D eigenvalue weighted by Crippen LogP contribution is 2.08. The molecule has 0 aromatic carbocycles. The Morgan fingerprint density at radius 2 is 2.11 bits per heavy atom. The smallest absolute Gasteiger partial charge is 0.251 e. The highest BCUT2D eigenvalue weighted by atomic mass is 32.2. The van der Waals surface area contributed by atoms with E-state index >= 15 is 0 Å². The van der Waals surface area contributed by atoms with Crippen LogP contribution in [0.2, 0.25) is 0 Å². The van der Waals surface area contributed by atoms with Crippen molar-refractivity contribution in [2.45, 2.75) is 13.8 Å². The van der Waals surface area contributed by atoms with Crippen molar-refractivity contribution < 1.29 is 13.2 Å². The molecule has 0 spiro atoms. The average Bonchev–Trinajstić information content (AvgIpc) is 2.37. The van der Waals surface area contributed by atoms with Gasteiger partial charge in [0.15, 0.2) is 9.84 Å². The zero-order valence-corrected chi connectivity index (χ0v) is 11.8. The van der Waals surface area contributed by atoms with E-state index in [1.807, 2.05) is 0 Å². The van der Waals surface area contributed by atoms with Gasteiger partial charge in [0.25, 0.3) is 5.91 Å². The van der Waals surface area contributed by atoms with Gasteiger partial charge in [0.05, 0.1) is 5.75 Å². The van der Waals surface area contributed by atoms with Crippen LogP contribution in [0.15, 0.2) is 12.1 Å². The predicted octanol–water partition coefficient (Wildman–Crippen LogP) is -0.160. The van der Waals surface area contributed by atoms with Gasteiger partial charge in [-0.05, 0) is 19.1 Å². The maximum absolute atomic E-state index is 11.8. The van der Waals surface area contributed by atoms with Crippen LogP contribution in [-0.2, 0) is 9.84 Å². The van der Waals surface area contributed by atoms with Crippen LogP contribution in [0.4, 0.5) is 5.82 Å². The van der Waals surface area contributed by atoms with Crippen molar-refractivity contribution in [3.8, 4) is 0 Å². The zero-order chi connectivity index (χ0) is 14.5. The predicted molar refractivity (Wildman–Crippen MR) is 73.4 cm³/mol. The molecule has 8 heteroatoms. The number of hydrazine groups is 1. The number of hydrogen-bond donors (Lipinski definition) is 3. The third kappa shape index (κ3) is 4.84. The Balaban J connectivity index is 2.66. The number of aromatic nitrogens is 1. The Hall–Kier alpha value is -1.67. The Kier molecular flexibility index (Phi) is 5.25. The molecule has 0 bridgehead atoms. The molecule has 1 amide bonds. The zero-order valence-electron chi connectivity index (χ0n) is 10.9. The molecule has 1 heterocycles. The third-order valence-corrected chi connectivity index (χ3v) is 4.21. The minimum absolute atomic E-state index is 0.0679. The molecule has 0 saturated heterocycles. The van der Waals surface area contributed by atoms with Crippen molar-refractivity contribution in [1.29, 1.82) is 0 Å². The summed E-state index contributed by atoms with van der Waals surface area (Å²) in [6.07, 6.45) is 0. The van der Waals surface area contributed by atoms with Crippen LogP contribution in [0.3, 0.4) is 0 Å². The number of amides is 1. The lowest BCUT2D eigenvalue weighted by molar-refractivity contribution is 0.0956. The molecular formula is C11H18N4O3S. The van der Waals surface area contributed by atoms with E-state index < -0.39 is 9.84 Å². The summed E-state index contributed by atoms with van der Waals surface area (Å²) >= 11 is 0. The molecule has 7 nitrogen and oxygen atoms in total. The van der Waals surface area contributed by atoms with Crippen molar-refractivity contribution in [1.82, 2.24) is 10.3 Å². The topological polar surface area (TPSA) is 114 Å². The van der Waals surface area contributed by atoms with E-state index in [2.05, 4.69) is 15.7 Å². The first-order valence-corrected chi connectivity index (χ1v) is 7.64. The van der Waals surface area contributed by atoms with Gasteiger partial charge >= 0.3 is 0 Å². The van der Waals surface area contributed by atoms with Crippen LogP contribution < -0.4 is 16.6 Å². The molecule has 1 aromatic heterocycles. The number of pyridine rings is 1. The number of nitrogens with one attached hydrogen (secondary N) is 2. The Bertz CT molecular complexity index is 557. The maximum atomic E-state index is 11.8. The first-order chi connectivity index (χ1) is 8.88. The molecule has 19 heavy (non-hydrogen) atoms. The van der Waals surface area contributed by atoms with Gasteiger partial charge < -0.3 is 10.7 Å². The van der Waals surface area contributed by atoms with Gasteiger partial charge in [-0.25, -0.2) is 19.2 Å². The van der Waals surface area contributed by atoms with Gasteiger partial charge in [-0.1, -0.05) is 6.92 Å². The van der Waals surface area contributed by atoms with E-state index in [0.717, 1.165) is 0 Å². The van der Waals surface area contributed by atoms with Crippen LogP contribution in [0.25, 0.3) is 0 Å². The molecule has 0 aliphatic carbocycles. The number of rotatable bonds is 6. The van der Waals surface area contributed by atoms with E-state index in [-0.39, 0.29) is 24.0 Å². The van der Waals surface area contributed by atoms with Gasteiger partial charge in [-0.2, -0.15) is 0 Å². The molecule has 0 aliphatic rings. The lowest BCUT2D eigenvalue weighted by Crippen LogP contribution is -2.29. The van der Waals surface area contributed by atoms with E-state index in [0.29, 0.717) is 17.1 Å². The van der Waals surface area contributed by atoms with Crippen LogP contribution in [0.5, 0.6) is 0 Å². The minimum atomic E-state index is -3.08. The number of aryl methyl sites for hydroxylation is 1. The number of carbonyl (C=O) groups excluding carboxylic acids is 1. The summed E-state index contributed by atoms with van der Waals surface area (Å²) in [6.45, 7) is 3.39. The van der Waals surface area contributed by atoms with Crippen LogP contribution in [0, 0.1) is 6.92 Å². The second-order valence-corrected chi connectivity index (χ2v) is 6.49. The van der Waals surface area contributed by atoms with Gasteiger partial charge in [-0.15, -0.1) is 0 Å².